The fourth-order valence-corrected chi connectivity index (χ4v) is 2.24. The largest absolute Gasteiger partial charge is 1.00 e. The summed E-state index contributed by atoms with van der Waals surface area (Å²) >= 11 is 0. The maximum atomic E-state index is 14.2. The van der Waals surface area contributed by atoms with Crippen LogP contribution in [-0.2, 0) is 0 Å². The lowest BCUT2D eigenvalue weighted by Crippen LogP contribution is -3.09. The van der Waals surface area contributed by atoms with Crippen molar-refractivity contribution in [3.8, 4) is 5.75 Å². The number of allylic oxidation sites excluding steroid dienone is 1. The molecular weight excluding hydrogens is 385 g/mol. The summed E-state index contributed by atoms with van der Waals surface area (Å²) in [6, 6.07) is -0.783. The smallest absolute Gasteiger partial charge is 0.408 e. The number of rotatable bonds is 3. The Bertz CT molecular complexity index is 849. The van der Waals surface area contributed by atoms with Crippen LogP contribution in [0.3, 0.4) is 0 Å². The third-order valence-electron chi connectivity index (χ3n) is 3.58. The number of hydrogen-bond donors (Lipinski definition) is 3. The molecule has 2 aliphatic heterocycles. The van der Waals surface area contributed by atoms with Crippen molar-refractivity contribution in [1.29, 1.82) is 0 Å². The highest BCUT2D eigenvalue weighted by Gasteiger charge is 2.41. The second kappa shape index (κ2) is 7.00. The van der Waals surface area contributed by atoms with Gasteiger partial charge in [-0.2, -0.15) is 23.2 Å². The van der Waals surface area contributed by atoms with E-state index in [2.05, 4.69) is 20.4 Å². The molecule has 26 heavy (non-hydrogen) atoms. The summed E-state index contributed by atoms with van der Waals surface area (Å²) in [6.07, 6.45) is -2.42. The number of nitrogens with zero attached hydrogens (tertiary/aromatic N) is 3. The maximum absolute atomic E-state index is 14.2. The van der Waals surface area contributed by atoms with Crippen LogP contribution in [0.2, 0.25) is 0 Å². The lowest BCUT2D eigenvalue weighted by molar-refractivity contribution is -0.771. The number of halogens is 6. The van der Waals surface area contributed by atoms with Crippen LogP contribution in [0.5, 0.6) is 5.75 Å². The first kappa shape index (κ1) is 19.8. The predicted molar refractivity (Wildman–Crippen MR) is 79.0 cm³/mol. The SMILES string of the molecule is CC(NC1=C(c2cc(F)c(O)cc2F)C=NC2=NC=N[NH+]21)C(F)(F)F.[Cl-]. The fraction of sp³-hybridized carbons (Fsp3) is 0.214. The molecule has 0 fully saturated rings. The molecule has 0 saturated heterocycles. The highest BCUT2D eigenvalue weighted by Crippen LogP contribution is 2.27. The molecule has 140 valence electrons. The third kappa shape index (κ3) is 3.53. The topological polar surface area (TPSA) is 73.8 Å². The summed E-state index contributed by atoms with van der Waals surface area (Å²) in [5, 5.41) is 15.3. The molecule has 0 radical (unpaired) electrons. The highest BCUT2D eigenvalue weighted by molar-refractivity contribution is 6.15. The molecule has 3 rings (SSSR count). The van der Waals surface area contributed by atoms with Gasteiger partial charge >= 0.3 is 12.1 Å². The number of hydrogen-bond acceptors (Lipinski definition) is 5. The summed E-state index contributed by atoms with van der Waals surface area (Å²) in [7, 11) is 0. The molecule has 2 aliphatic rings. The van der Waals surface area contributed by atoms with Crippen LogP contribution in [0.1, 0.15) is 12.5 Å². The normalized spacial score (nSPS) is 19.8. The van der Waals surface area contributed by atoms with E-state index in [9.17, 15) is 27.1 Å². The highest BCUT2D eigenvalue weighted by atomic mass is 35.5. The Hall–Kier alpha value is -2.53. The van der Waals surface area contributed by atoms with Crippen LogP contribution in [0.15, 0.2) is 33.0 Å². The molecule has 12 heteroatoms. The van der Waals surface area contributed by atoms with Gasteiger partial charge in [0.25, 0.3) is 0 Å². The van der Waals surface area contributed by atoms with E-state index < -0.39 is 29.6 Å². The lowest BCUT2D eigenvalue weighted by Gasteiger charge is -2.24. The van der Waals surface area contributed by atoms with Crippen molar-refractivity contribution >= 4 is 24.1 Å². The van der Waals surface area contributed by atoms with Crippen LogP contribution in [0, 0.1) is 11.6 Å². The second-order valence-electron chi connectivity index (χ2n) is 5.28. The number of fused-ring (bicyclic) bond motifs is 1. The van der Waals surface area contributed by atoms with E-state index in [4.69, 9.17) is 0 Å². The molecule has 0 aliphatic carbocycles. The van der Waals surface area contributed by atoms with Gasteiger partial charge in [-0.3, -0.25) is 0 Å². The third-order valence-corrected chi connectivity index (χ3v) is 3.58. The zero-order valence-electron chi connectivity index (χ0n) is 12.9. The molecular formula is C14H11ClF5N5O. The number of alkyl halides is 3. The summed E-state index contributed by atoms with van der Waals surface area (Å²) in [5.41, 5.74) is -0.509. The van der Waals surface area contributed by atoms with Crippen molar-refractivity contribution in [3.63, 3.8) is 0 Å². The Labute approximate surface area is 149 Å². The Morgan fingerprint density at radius 3 is 2.54 bits per heavy atom. The molecule has 2 heterocycles. The molecule has 1 aromatic rings. The first-order valence-corrected chi connectivity index (χ1v) is 6.96. The van der Waals surface area contributed by atoms with Crippen molar-refractivity contribution < 1.29 is 44.5 Å². The average Bonchev–Trinajstić information content (AvgIpc) is 2.99. The van der Waals surface area contributed by atoms with Gasteiger partial charge < -0.3 is 22.8 Å². The van der Waals surface area contributed by atoms with Gasteiger partial charge in [0, 0.05) is 11.6 Å². The van der Waals surface area contributed by atoms with Crippen LogP contribution in [0.25, 0.3) is 5.57 Å². The Balaban J connectivity index is 0.00000243. The molecule has 0 saturated carbocycles. The molecule has 0 spiro atoms. The van der Waals surface area contributed by atoms with Crippen molar-refractivity contribution in [2.75, 3.05) is 0 Å². The number of guanidine groups is 1. The van der Waals surface area contributed by atoms with E-state index in [-0.39, 0.29) is 40.3 Å². The number of aliphatic imine (C=N–C) groups is 2. The lowest BCUT2D eigenvalue weighted by atomic mass is 10.0. The first-order valence-electron chi connectivity index (χ1n) is 6.96. The molecule has 0 bridgehead atoms. The fourth-order valence-electron chi connectivity index (χ4n) is 2.24. The molecule has 0 aromatic heterocycles. The number of aromatic hydroxyl groups is 1. The maximum Gasteiger partial charge on any atom is 0.408 e. The number of quaternary nitrogens is 1. The molecule has 0 amide bonds. The van der Waals surface area contributed by atoms with Gasteiger partial charge in [-0.15, -0.1) is 0 Å². The Morgan fingerprint density at radius 2 is 1.88 bits per heavy atom. The van der Waals surface area contributed by atoms with E-state index >= 15 is 0 Å². The monoisotopic (exact) mass is 395 g/mol. The molecule has 2 unspecified atom stereocenters. The minimum absolute atomic E-state index is 0. The van der Waals surface area contributed by atoms with Crippen molar-refractivity contribution in [3.05, 3.63) is 35.2 Å². The van der Waals surface area contributed by atoms with Gasteiger partial charge in [-0.05, 0) is 13.0 Å². The van der Waals surface area contributed by atoms with E-state index in [0.29, 0.717) is 12.1 Å². The van der Waals surface area contributed by atoms with Crippen molar-refractivity contribution in [1.82, 2.24) is 5.32 Å². The zero-order chi connectivity index (χ0) is 18.4. The van der Waals surface area contributed by atoms with Gasteiger partial charge in [0.2, 0.25) is 5.82 Å². The Morgan fingerprint density at radius 1 is 1.19 bits per heavy atom. The van der Waals surface area contributed by atoms with Gasteiger partial charge in [0.15, 0.2) is 17.9 Å². The zero-order valence-corrected chi connectivity index (χ0v) is 13.7. The second-order valence-corrected chi connectivity index (χ2v) is 5.28. The number of benzene rings is 1. The van der Waals surface area contributed by atoms with Crippen LogP contribution >= 0.6 is 0 Å². The van der Waals surface area contributed by atoms with E-state index in [1.807, 2.05) is 0 Å². The molecule has 6 nitrogen and oxygen atoms in total. The van der Waals surface area contributed by atoms with Gasteiger partial charge in [0.05, 0.1) is 11.8 Å². The van der Waals surface area contributed by atoms with Crippen LogP contribution in [0.4, 0.5) is 22.0 Å². The van der Waals surface area contributed by atoms with Crippen LogP contribution in [-0.4, -0.2) is 35.8 Å². The van der Waals surface area contributed by atoms with Gasteiger partial charge in [0.1, 0.15) is 11.9 Å². The quantitative estimate of drug-likeness (QED) is 0.527. The van der Waals surface area contributed by atoms with E-state index in [0.717, 1.165) is 19.5 Å². The van der Waals surface area contributed by atoms with E-state index in [1.54, 1.807) is 0 Å². The van der Waals surface area contributed by atoms with Gasteiger partial charge in [-0.1, -0.05) is 10.1 Å². The minimum Gasteiger partial charge on any atom is -1.00 e. The average molecular weight is 396 g/mol. The summed E-state index contributed by atoms with van der Waals surface area (Å²) < 4.78 is 66.5. The summed E-state index contributed by atoms with van der Waals surface area (Å²) in [6.45, 7) is 0.875. The number of phenolic OH excluding ortho intramolecular Hbond substituents is 1. The van der Waals surface area contributed by atoms with Gasteiger partial charge in [-0.25, -0.2) is 8.78 Å². The van der Waals surface area contributed by atoms with E-state index in [1.165, 1.54) is 0 Å². The number of phenols is 1. The first-order chi connectivity index (χ1) is 11.7. The summed E-state index contributed by atoms with van der Waals surface area (Å²) in [4.78, 5) is 7.68. The molecule has 2 atom stereocenters. The molecule has 1 aromatic carbocycles. The van der Waals surface area contributed by atoms with Crippen molar-refractivity contribution in [2.45, 2.75) is 19.1 Å². The molecule has 3 N–H and O–H groups in total. The summed E-state index contributed by atoms with van der Waals surface area (Å²) in [5.74, 6) is -3.19. The predicted octanol–water partition coefficient (Wildman–Crippen LogP) is -1.83. The minimum atomic E-state index is -4.58. The van der Waals surface area contributed by atoms with Crippen molar-refractivity contribution in [2.24, 2.45) is 15.1 Å². The number of nitrogens with one attached hydrogen (secondary N) is 2. The van der Waals surface area contributed by atoms with Crippen LogP contribution < -0.4 is 22.7 Å². The Kier molecular flexibility index (Phi) is 5.33. The standard InChI is InChI=1S/C14H10F5N5O.ClH/c1-6(14(17,18)19)23-12-8(4-20-13-21-5-22-24(12)13)7-2-10(16)11(25)3-9(7)15;/h2-6,23,25H,1H3;1H.